The summed E-state index contributed by atoms with van der Waals surface area (Å²) in [5.74, 6) is -0.626. The van der Waals surface area contributed by atoms with Crippen molar-refractivity contribution in [2.45, 2.75) is 18.3 Å². The number of ketones is 1. The molecule has 0 bridgehead atoms. The summed E-state index contributed by atoms with van der Waals surface area (Å²) in [6, 6.07) is 28.6. The number of halogens is 1. The van der Waals surface area contributed by atoms with Gasteiger partial charge in [-0.1, -0.05) is 84.4 Å². The van der Waals surface area contributed by atoms with Crippen LogP contribution in [0.15, 0.2) is 84.9 Å². The van der Waals surface area contributed by atoms with Crippen molar-refractivity contribution in [2.75, 3.05) is 0 Å². The fraction of sp³-hybridized carbons (Fsp3) is 0.130. The van der Waals surface area contributed by atoms with E-state index in [9.17, 15) is 10.1 Å². The number of hydrogen-bond donors (Lipinski definition) is 0. The van der Waals surface area contributed by atoms with Gasteiger partial charge in [-0.15, -0.1) is 0 Å². The van der Waals surface area contributed by atoms with Gasteiger partial charge in [-0.2, -0.15) is 5.26 Å². The number of benzene rings is 3. The fourth-order valence-electron chi connectivity index (χ4n) is 3.14. The van der Waals surface area contributed by atoms with E-state index in [0.717, 1.165) is 11.1 Å². The first-order valence-corrected chi connectivity index (χ1v) is 8.85. The van der Waals surface area contributed by atoms with Crippen LogP contribution in [0.1, 0.15) is 39.7 Å². The molecule has 3 heteroatoms. The average molecular weight is 360 g/mol. The van der Waals surface area contributed by atoms with Crippen LogP contribution in [0, 0.1) is 11.3 Å². The molecule has 0 saturated carbocycles. The Hall–Kier alpha value is -2.89. The van der Waals surface area contributed by atoms with Gasteiger partial charge in [-0.25, -0.2) is 0 Å². The van der Waals surface area contributed by atoms with E-state index in [1.54, 1.807) is 12.1 Å². The van der Waals surface area contributed by atoms with Crippen LogP contribution in [0.3, 0.4) is 0 Å². The van der Waals surface area contributed by atoms with Crippen LogP contribution in [0.4, 0.5) is 0 Å². The van der Waals surface area contributed by atoms with Gasteiger partial charge in [0.25, 0.3) is 0 Å². The number of nitriles is 1. The Morgan fingerprint density at radius 3 is 2.00 bits per heavy atom. The molecule has 3 aromatic rings. The first kappa shape index (κ1) is 17.9. The second-order valence-electron chi connectivity index (χ2n) is 6.17. The molecule has 0 aromatic heterocycles. The summed E-state index contributed by atoms with van der Waals surface area (Å²) in [7, 11) is 0. The lowest BCUT2D eigenvalue weighted by molar-refractivity contribution is 0.0972. The summed E-state index contributed by atoms with van der Waals surface area (Å²) in [5, 5.41) is 10.5. The lowest BCUT2D eigenvalue weighted by Crippen LogP contribution is -2.15. The lowest BCUT2D eigenvalue weighted by Gasteiger charge is -2.22. The van der Waals surface area contributed by atoms with E-state index in [1.165, 1.54) is 0 Å². The van der Waals surface area contributed by atoms with Gasteiger partial charge in [-0.3, -0.25) is 4.79 Å². The van der Waals surface area contributed by atoms with Crippen LogP contribution in [0.25, 0.3) is 0 Å². The second-order valence-corrected chi connectivity index (χ2v) is 6.61. The molecule has 0 aliphatic heterocycles. The smallest absolute Gasteiger partial charge is 0.163 e. The number of Topliss-reactive ketones (excluding diaryl/α,β-unsaturated/α-hetero) is 1. The fourth-order valence-corrected chi connectivity index (χ4v) is 3.26. The van der Waals surface area contributed by atoms with E-state index in [4.69, 9.17) is 11.6 Å². The molecule has 0 unspecified atom stereocenters. The predicted molar refractivity (Wildman–Crippen MR) is 104 cm³/mol. The highest BCUT2D eigenvalue weighted by molar-refractivity contribution is 6.30. The standard InChI is InChI=1S/C23H18ClNO/c24-20-13-11-18(12-14-20)21(15-23(26)19-9-5-2-6-10-19)22(16-25)17-7-3-1-4-8-17/h1-14,21-22H,15H2/t21-,22-/m0/s1. The SMILES string of the molecule is N#C[C@@H](c1ccccc1)[C@@H](CC(=O)c1ccccc1)c1ccc(Cl)cc1. The molecule has 2 atom stereocenters. The molecule has 0 saturated heterocycles. The topological polar surface area (TPSA) is 40.9 Å². The Balaban J connectivity index is 1.97. The molecule has 0 N–H and O–H groups in total. The third kappa shape index (κ3) is 4.20. The first-order chi connectivity index (χ1) is 12.7. The highest BCUT2D eigenvalue weighted by Gasteiger charge is 2.27. The Morgan fingerprint density at radius 2 is 1.42 bits per heavy atom. The van der Waals surface area contributed by atoms with Crippen molar-refractivity contribution >= 4 is 17.4 Å². The van der Waals surface area contributed by atoms with Gasteiger partial charge < -0.3 is 0 Å². The number of hydrogen-bond acceptors (Lipinski definition) is 2. The van der Waals surface area contributed by atoms with E-state index in [2.05, 4.69) is 6.07 Å². The maximum Gasteiger partial charge on any atom is 0.163 e. The van der Waals surface area contributed by atoms with Crippen molar-refractivity contribution < 1.29 is 4.79 Å². The van der Waals surface area contributed by atoms with E-state index in [1.807, 2.05) is 72.8 Å². The second kappa shape index (κ2) is 8.47. The van der Waals surface area contributed by atoms with E-state index in [0.29, 0.717) is 10.6 Å². The summed E-state index contributed by atoms with van der Waals surface area (Å²) in [6.45, 7) is 0. The Morgan fingerprint density at radius 1 is 0.846 bits per heavy atom. The van der Waals surface area contributed by atoms with E-state index in [-0.39, 0.29) is 18.1 Å². The predicted octanol–water partition coefficient (Wildman–Crippen LogP) is 6.00. The van der Waals surface area contributed by atoms with Crippen LogP contribution >= 0.6 is 11.6 Å². The van der Waals surface area contributed by atoms with Crippen LogP contribution in [-0.4, -0.2) is 5.78 Å². The molecule has 0 amide bonds. The molecule has 3 aromatic carbocycles. The number of carbonyl (C=O) groups excluding carboxylic acids is 1. The summed E-state index contributed by atoms with van der Waals surface area (Å²) < 4.78 is 0. The summed E-state index contributed by atoms with van der Waals surface area (Å²) in [4.78, 5) is 12.8. The van der Waals surface area contributed by atoms with Gasteiger partial charge in [0.1, 0.15) is 0 Å². The average Bonchev–Trinajstić information content (AvgIpc) is 2.70. The van der Waals surface area contributed by atoms with Crippen LogP contribution in [-0.2, 0) is 0 Å². The summed E-state index contributed by atoms with van der Waals surface area (Å²) in [6.07, 6.45) is 0.263. The molecule has 2 nitrogen and oxygen atoms in total. The van der Waals surface area contributed by atoms with Crippen molar-refractivity contribution in [3.63, 3.8) is 0 Å². The van der Waals surface area contributed by atoms with Crippen molar-refractivity contribution in [3.05, 3.63) is 107 Å². The van der Waals surface area contributed by atoms with Gasteiger partial charge in [0.15, 0.2) is 5.78 Å². The summed E-state index contributed by atoms with van der Waals surface area (Å²) >= 11 is 6.02. The zero-order chi connectivity index (χ0) is 18.4. The zero-order valence-corrected chi connectivity index (χ0v) is 14.9. The molecule has 0 fully saturated rings. The quantitative estimate of drug-likeness (QED) is 0.506. The molecule has 3 rings (SSSR count). The highest BCUT2D eigenvalue weighted by Crippen LogP contribution is 2.36. The maximum absolute atomic E-state index is 12.8. The monoisotopic (exact) mass is 359 g/mol. The van der Waals surface area contributed by atoms with Crippen LogP contribution in [0.2, 0.25) is 5.02 Å². The molecule has 0 radical (unpaired) electrons. The zero-order valence-electron chi connectivity index (χ0n) is 14.2. The third-order valence-electron chi connectivity index (χ3n) is 4.50. The Kier molecular flexibility index (Phi) is 5.84. The van der Waals surface area contributed by atoms with Crippen LogP contribution < -0.4 is 0 Å². The molecule has 128 valence electrons. The normalized spacial score (nSPS) is 12.8. The van der Waals surface area contributed by atoms with Gasteiger partial charge in [-0.05, 0) is 23.3 Å². The molecular formula is C23H18ClNO. The molecule has 0 heterocycles. The Bertz CT molecular complexity index is 898. The number of nitrogens with zero attached hydrogens (tertiary/aromatic N) is 1. The van der Waals surface area contributed by atoms with Crippen molar-refractivity contribution in [3.8, 4) is 6.07 Å². The summed E-state index contributed by atoms with van der Waals surface area (Å²) in [5.41, 5.74) is 2.51. The lowest BCUT2D eigenvalue weighted by atomic mass is 9.78. The minimum atomic E-state index is -0.412. The van der Waals surface area contributed by atoms with Crippen LogP contribution in [0.5, 0.6) is 0 Å². The molecule has 0 aliphatic carbocycles. The molecule has 0 aliphatic rings. The van der Waals surface area contributed by atoms with Gasteiger partial charge >= 0.3 is 0 Å². The van der Waals surface area contributed by atoms with E-state index < -0.39 is 5.92 Å². The molecular weight excluding hydrogens is 342 g/mol. The van der Waals surface area contributed by atoms with Gasteiger partial charge in [0.05, 0.1) is 12.0 Å². The van der Waals surface area contributed by atoms with Crippen molar-refractivity contribution in [1.29, 1.82) is 5.26 Å². The number of rotatable bonds is 6. The van der Waals surface area contributed by atoms with Gasteiger partial charge in [0.2, 0.25) is 0 Å². The molecule has 26 heavy (non-hydrogen) atoms. The minimum Gasteiger partial charge on any atom is -0.294 e. The Labute approximate surface area is 158 Å². The third-order valence-corrected chi connectivity index (χ3v) is 4.75. The van der Waals surface area contributed by atoms with Crippen molar-refractivity contribution in [1.82, 2.24) is 0 Å². The van der Waals surface area contributed by atoms with E-state index >= 15 is 0 Å². The number of carbonyl (C=O) groups is 1. The minimum absolute atomic E-state index is 0.0294. The molecule has 0 spiro atoms. The first-order valence-electron chi connectivity index (χ1n) is 8.47. The highest BCUT2D eigenvalue weighted by atomic mass is 35.5. The van der Waals surface area contributed by atoms with Crippen molar-refractivity contribution in [2.24, 2.45) is 0 Å². The largest absolute Gasteiger partial charge is 0.294 e. The van der Waals surface area contributed by atoms with Gasteiger partial charge in [0, 0.05) is 22.9 Å². The maximum atomic E-state index is 12.8.